The Morgan fingerprint density at radius 3 is 2.32 bits per heavy atom. The van der Waals surface area contributed by atoms with Crippen LogP contribution in [0.15, 0.2) is 48.5 Å². The number of piperidine rings is 1. The second-order valence-electron chi connectivity index (χ2n) is 7.18. The van der Waals surface area contributed by atoms with Gasteiger partial charge in [-0.25, -0.2) is 0 Å². The molecule has 1 aliphatic rings. The van der Waals surface area contributed by atoms with Gasteiger partial charge in [-0.2, -0.15) is 0 Å². The fourth-order valence-electron chi connectivity index (χ4n) is 3.64. The lowest BCUT2D eigenvalue weighted by Gasteiger charge is -2.39. The summed E-state index contributed by atoms with van der Waals surface area (Å²) in [5.74, 6) is 0.765. The lowest BCUT2D eigenvalue weighted by atomic mass is 9.71. The summed E-state index contributed by atoms with van der Waals surface area (Å²) in [7, 11) is 0. The summed E-state index contributed by atoms with van der Waals surface area (Å²) in [6, 6.07) is 15.1. The molecule has 0 spiro atoms. The van der Waals surface area contributed by atoms with Crippen molar-refractivity contribution in [3.05, 3.63) is 59.7 Å². The summed E-state index contributed by atoms with van der Waals surface area (Å²) in [4.78, 5) is 0. The zero-order valence-corrected chi connectivity index (χ0v) is 14.7. The largest absolute Gasteiger partial charge is 0.508 e. The Bertz CT molecular complexity index is 661. The van der Waals surface area contributed by atoms with Crippen LogP contribution in [-0.2, 0) is 6.42 Å². The Balaban J connectivity index is 1.68. The van der Waals surface area contributed by atoms with E-state index in [-0.39, 0.29) is 11.2 Å². The van der Waals surface area contributed by atoms with Gasteiger partial charge in [-0.05, 0) is 74.5 Å². The number of phenolic OH excluding ortho intramolecular Hbond substituents is 1. The van der Waals surface area contributed by atoms with Crippen LogP contribution >= 0.6 is 0 Å². The quantitative estimate of drug-likeness (QED) is 0.705. The van der Waals surface area contributed by atoms with Crippen LogP contribution in [0.1, 0.15) is 30.4 Å². The zero-order chi connectivity index (χ0) is 17.7. The van der Waals surface area contributed by atoms with Crippen molar-refractivity contribution in [2.45, 2.75) is 38.9 Å². The molecule has 0 bridgehead atoms. The first kappa shape index (κ1) is 17.8. The van der Waals surface area contributed by atoms with E-state index in [9.17, 15) is 10.2 Å². The van der Waals surface area contributed by atoms with E-state index in [1.807, 2.05) is 0 Å². The Labute approximate surface area is 149 Å². The smallest absolute Gasteiger partial charge is 0.197 e. The van der Waals surface area contributed by atoms with Gasteiger partial charge >= 0.3 is 0 Å². The normalized spacial score (nSPS) is 17.8. The maximum atomic E-state index is 10.5. The molecule has 2 aromatic rings. The first-order chi connectivity index (χ1) is 12.0. The van der Waals surface area contributed by atoms with Crippen molar-refractivity contribution in [3.8, 4) is 11.5 Å². The number of ether oxygens (including phenoxy) is 1. The minimum Gasteiger partial charge on any atom is -0.508 e. The van der Waals surface area contributed by atoms with Crippen LogP contribution in [0.4, 0.5) is 0 Å². The number of rotatable bonds is 6. The van der Waals surface area contributed by atoms with Crippen molar-refractivity contribution in [1.82, 2.24) is 5.32 Å². The number of aryl methyl sites for hydroxylation is 1. The Hall–Kier alpha value is -2.04. The second-order valence-corrected chi connectivity index (χ2v) is 7.18. The molecule has 1 saturated heterocycles. The van der Waals surface area contributed by atoms with Gasteiger partial charge in [0.2, 0.25) is 0 Å². The van der Waals surface area contributed by atoms with E-state index >= 15 is 0 Å². The molecule has 0 aromatic heterocycles. The Morgan fingerprint density at radius 2 is 1.68 bits per heavy atom. The van der Waals surface area contributed by atoms with E-state index in [4.69, 9.17) is 4.74 Å². The predicted molar refractivity (Wildman–Crippen MR) is 98.8 cm³/mol. The molecule has 1 heterocycles. The summed E-state index contributed by atoms with van der Waals surface area (Å²) in [5, 5.41) is 23.3. The van der Waals surface area contributed by atoms with Gasteiger partial charge in [0.05, 0.1) is 0 Å². The van der Waals surface area contributed by atoms with E-state index in [1.54, 1.807) is 24.3 Å². The van der Waals surface area contributed by atoms with Crippen molar-refractivity contribution >= 4 is 0 Å². The predicted octanol–water partition coefficient (Wildman–Crippen LogP) is 3.40. The molecule has 2 aromatic carbocycles. The third kappa shape index (κ3) is 4.97. The average molecular weight is 341 g/mol. The molecule has 134 valence electrons. The van der Waals surface area contributed by atoms with Gasteiger partial charge in [-0.3, -0.25) is 0 Å². The van der Waals surface area contributed by atoms with Crippen LogP contribution in [0.25, 0.3) is 0 Å². The summed E-state index contributed by atoms with van der Waals surface area (Å²) in [6.45, 7) is 4.04. The summed E-state index contributed by atoms with van der Waals surface area (Å²) in [5.41, 5.74) is 2.61. The Kier molecular flexibility index (Phi) is 5.61. The molecule has 25 heavy (non-hydrogen) atoms. The molecule has 0 radical (unpaired) electrons. The van der Waals surface area contributed by atoms with Crippen molar-refractivity contribution in [1.29, 1.82) is 0 Å². The van der Waals surface area contributed by atoms with E-state index in [0.29, 0.717) is 12.2 Å². The summed E-state index contributed by atoms with van der Waals surface area (Å²) < 4.78 is 5.68. The fraction of sp³-hybridized carbons (Fsp3) is 0.429. The highest BCUT2D eigenvalue weighted by Crippen LogP contribution is 2.38. The molecule has 1 fully saturated rings. The monoisotopic (exact) mass is 341 g/mol. The number of aliphatic hydroxyl groups excluding tert-OH is 1. The van der Waals surface area contributed by atoms with Crippen molar-refractivity contribution in [3.63, 3.8) is 0 Å². The minimum absolute atomic E-state index is 0.0385. The van der Waals surface area contributed by atoms with Gasteiger partial charge in [0.15, 0.2) is 6.29 Å². The van der Waals surface area contributed by atoms with Crippen LogP contribution in [0.2, 0.25) is 0 Å². The molecule has 1 unspecified atom stereocenters. The van der Waals surface area contributed by atoms with Gasteiger partial charge in [0.1, 0.15) is 11.5 Å². The van der Waals surface area contributed by atoms with Crippen LogP contribution in [-0.4, -0.2) is 29.6 Å². The van der Waals surface area contributed by atoms with Gasteiger partial charge in [0, 0.05) is 6.42 Å². The number of hydrogen-bond donors (Lipinski definition) is 3. The molecule has 1 aliphatic heterocycles. The van der Waals surface area contributed by atoms with E-state index in [0.717, 1.165) is 32.4 Å². The number of nitrogens with one attached hydrogen (secondary N) is 1. The molecular formula is C21H27NO3. The van der Waals surface area contributed by atoms with Gasteiger partial charge < -0.3 is 20.3 Å². The van der Waals surface area contributed by atoms with E-state index < -0.39 is 6.29 Å². The highest BCUT2D eigenvalue weighted by molar-refractivity contribution is 5.30. The molecular weight excluding hydrogens is 314 g/mol. The fourth-order valence-corrected chi connectivity index (χ4v) is 3.64. The standard InChI is InChI=1S/C21H27NO3/c1-16-2-4-17(5-3-16)14-21(10-12-22-13-11-21)15-20(24)25-19-8-6-18(23)7-9-19/h2-9,20,22-24H,10-15H2,1H3. The highest BCUT2D eigenvalue weighted by Gasteiger charge is 2.35. The van der Waals surface area contributed by atoms with Gasteiger partial charge in [-0.1, -0.05) is 29.8 Å². The number of benzene rings is 2. The SMILES string of the molecule is Cc1ccc(CC2(CC(O)Oc3ccc(O)cc3)CCNCC2)cc1. The van der Waals surface area contributed by atoms with E-state index in [1.165, 1.54) is 11.1 Å². The Morgan fingerprint density at radius 1 is 1.04 bits per heavy atom. The molecule has 3 rings (SSSR count). The van der Waals surface area contributed by atoms with Crippen LogP contribution in [0, 0.1) is 12.3 Å². The first-order valence-electron chi connectivity index (χ1n) is 8.95. The number of hydrogen-bond acceptors (Lipinski definition) is 4. The van der Waals surface area contributed by atoms with Crippen molar-refractivity contribution in [2.75, 3.05) is 13.1 Å². The molecule has 4 heteroatoms. The topological polar surface area (TPSA) is 61.7 Å². The number of phenols is 1. The van der Waals surface area contributed by atoms with Crippen molar-refractivity contribution in [2.24, 2.45) is 5.41 Å². The third-order valence-corrected chi connectivity index (χ3v) is 5.08. The lowest BCUT2D eigenvalue weighted by Crippen LogP contribution is -2.41. The molecule has 1 atom stereocenters. The summed E-state index contributed by atoms with van der Waals surface area (Å²) >= 11 is 0. The average Bonchev–Trinajstić information content (AvgIpc) is 2.60. The second kappa shape index (κ2) is 7.89. The minimum atomic E-state index is -0.854. The highest BCUT2D eigenvalue weighted by atomic mass is 16.6. The first-order valence-corrected chi connectivity index (χ1v) is 8.95. The van der Waals surface area contributed by atoms with Gasteiger partial charge in [-0.15, -0.1) is 0 Å². The molecule has 4 nitrogen and oxygen atoms in total. The molecule has 0 saturated carbocycles. The van der Waals surface area contributed by atoms with Crippen LogP contribution in [0.5, 0.6) is 11.5 Å². The lowest BCUT2D eigenvalue weighted by molar-refractivity contribution is -0.0591. The summed E-state index contributed by atoms with van der Waals surface area (Å²) in [6.07, 6.45) is 2.75. The number of aromatic hydroxyl groups is 1. The maximum Gasteiger partial charge on any atom is 0.197 e. The van der Waals surface area contributed by atoms with Gasteiger partial charge in [0.25, 0.3) is 0 Å². The number of aliphatic hydroxyl groups is 1. The molecule has 0 amide bonds. The third-order valence-electron chi connectivity index (χ3n) is 5.08. The zero-order valence-electron chi connectivity index (χ0n) is 14.7. The maximum absolute atomic E-state index is 10.5. The molecule has 3 N–H and O–H groups in total. The van der Waals surface area contributed by atoms with E-state index in [2.05, 4.69) is 36.5 Å². The molecule has 0 aliphatic carbocycles. The van der Waals surface area contributed by atoms with Crippen LogP contribution in [0.3, 0.4) is 0 Å². The van der Waals surface area contributed by atoms with Crippen molar-refractivity contribution < 1.29 is 14.9 Å². The van der Waals surface area contributed by atoms with Crippen LogP contribution < -0.4 is 10.1 Å².